The van der Waals surface area contributed by atoms with Crippen LogP contribution < -0.4 is 14.8 Å². The summed E-state index contributed by atoms with van der Waals surface area (Å²) in [5.74, 6) is 0.367. The summed E-state index contributed by atoms with van der Waals surface area (Å²) in [6.07, 6.45) is 5.17. The number of ether oxygens (including phenoxy) is 2. The summed E-state index contributed by atoms with van der Waals surface area (Å²) in [4.78, 5) is 30.2. The van der Waals surface area contributed by atoms with Crippen LogP contribution in [0.5, 0.6) is 11.5 Å². The molecule has 1 N–H and O–H groups in total. The van der Waals surface area contributed by atoms with Crippen LogP contribution in [0.25, 0.3) is 0 Å². The Morgan fingerprint density at radius 2 is 1.68 bits per heavy atom. The zero-order chi connectivity index (χ0) is 25.9. The number of fused-ring (bicyclic) bond motifs is 1. The van der Waals surface area contributed by atoms with E-state index in [1.165, 1.54) is 6.42 Å². The molecule has 3 aromatic rings. The number of nitrogens with zero attached hydrogens (tertiary/aromatic N) is 1. The first kappa shape index (κ1) is 25.2. The molecule has 1 heterocycles. The number of benzene rings is 3. The van der Waals surface area contributed by atoms with Crippen LogP contribution in [-0.2, 0) is 4.79 Å². The average Bonchev–Trinajstić information content (AvgIpc) is 2.93. The van der Waals surface area contributed by atoms with Crippen LogP contribution in [0.2, 0.25) is 5.02 Å². The van der Waals surface area contributed by atoms with E-state index in [1.54, 1.807) is 32.4 Å². The van der Waals surface area contributed by atoms with Crippen LogP contribution >= 0.6 is 11.6 Å². The van der Waals surface area contributed by atoms with Crippen molar-refractivity contribution in [3.8, 4) is 11.5 Å². The van der Waals surface area contributed by atoms with Gasteiger partial charge in [0.25, 0.3) is 5.91 Å². The smallest absolute Gasteiger partial charge is 0.254 e. The number of anilines is 1. The van der Waals surface area contributed by atoms with Crippen molar-refractivity contribution in [2.24, 2.45) is 0 Å². The zero-order valence-electron chi connectivity index (χ0n) is 21.1. The van der Waals surface area contributed by atoms with Crippen molar-refractivity contribution in [2.75, 3.05) is 19.5 Å². The number of nitrogens with one attached hydrogen (secondary N) is 1. The van der Waals surface area contributed by atoms with Gasteiger partial charge in [-0.15, -0.1) is 0 Å². The molecular weight excluding hydrogens is 488 g/mol. The number of halogens is 1. The highest BCUT2D eigenvalue weighted by molar-refractivity contribution is 6.31. The fourth-order valence-corrected chi connectivity index (χ4v) is 5.91. The lowest BCUT2D eigenvalue weighted by molar-refractivity contribution is -0.119. The molecule has 37 heavy (non-hydrogen) atoms. The minimum atomic E-state index is -0.632. The maximum atomic E-state index is 14.2. The number of rotatable bonds is 6. The fraction of sp³-hybridized carbons (Fsp3) is 0.333. The van der Waals surface area contributed by atoms with E-state index in [9.17, 15) is 9.59 Å². The topological polar surface area (TPSA) is 67.9 Å². The summed E-state index contributed by atoms with van der Waals surface area (Å²) in [7, 11) is 3.18. The first-order valence-electron chi connectivity index (χ1n) is 12.7. The second-order valence-corrected chi connectivity index (χ2v) is 10.1. The van der Waals surface area contributed by atoms with Gasteiger partial charge in [-0.05, 0) is 60.4 Å². The van der Waals surface area contributed by atoms with Gasteiger partial charge in [0.1, 0.15) is 11.5 Å². The van der Waals surface area contributed by atoms with Crippen molar-refractivity contribution in [1.29, 1.82) is 0 Å². The summed E-state index contributed by atoms with van der Waals surface area (Å²) in [5, 5.41) is 3.55. The van der Waals surface area contributed by atoms with Crippen molar-refractivity contribution >= 4 is 29.1 Å². The van der Waals surface area contributed by atoms with Crippen molar-refractivity contribution in [1.82, 2.24) is 4.90 Å². The molecule has 0 saturated heterocycles. The molecule has 1 aliphatic carbocycles. The van der Waals surface area contributed by atoms with Crippen LogP contribution in [0.1, 0.15) is 65.5 Å². The molecule has 0 bridgehead atoms. The van der Waals surface area contributed by atoms with Gasteiger partial charge in [-0.25, -0.2) is 0 Å². The van der Waals surface area contributed by atoms with Gasteiger partial charge in [-0.3, -0.25) is 9.59 Å². The van der Waals surface area contributed by atoms with Gasteiger partial charge in [0.15, 0.2) is 0 Å². The maximum absolute atomic E-state index is 14.2. The van der Waals surface area contributed by atoms with E-state index in [2.05, 4.69) is 5.32 Å². The van der Waals surface area contributed by atoms with Gasteiger partial charge in [0, 0.05) is 16.6 Å². The predicted octanol–water partition coefficient (Wildman–Crippen LogP) is 6.61. The second kappa shape index (κ2) is 10.9. The first-order chi connectivity index (χ1) is 18.0. The lowest BCUT2D eigenvalue weighted by Crippen LogP contribution is -2.51. The van der Waals surface area contributed by atoms with E-state index in [0.717, 1.165) is 42.6 Å². The highest BCUT2D eigenvalue weighted by Crippen LogP contribution is 2.46. The molecule has 192 valence electrons. The normalized spacial score (nSPS) is 19.8. The van der Waals surface area contributed by atoms with Gasteiger partial charge in [0.2, 0.25) is 5.91 Å². The van der Waals surface area contributed by atoms with Crippen molar-refractivity contribution in [2.45, 2.75) is 50.1 Å². The summed E-state index contributed by atoms with van der Waals surface area (Å²) >= 11 is 6.25. The fourth-order valence-electron chi connectivity index (χ4n) is 5.74. The molecular formula is C30H31ClN2O4. The Kier molecular flexibility index (Phi) is 7.38. The molecule has 0 radical (unpaired) electrons. The Balaban J connectivity index is 1.64. The average molecular weight is 519 g/mol. The first-order valence-corrected chi connectivity index (χ1v) is 13.1. The minimum absolute atomic E-state index is 0.0206. The SMILES string of the molecule is COc1ccc(C2C(C(=O)Nc3cc(Cl)ccc3OC)c3ccccc3C(=O)N2C2CCCCC2)cc1. The third-order valence-electron chi connectivity index (χ3n) is 7.50. The monoisotopic (exact) mass is 518 g/mol. The number of hydrogen-bond donors (Lipinski definition) is 1. The molecule has 3 aromatic carbocycles. The maximum Gasteiger partial charge on any atom is 0.254 e. The molecule has 7 heteroatoms. The standard InChI is InChI=1S/C30H31ClN2O4/c1-36-22-15-12-19(13-16-22)28-27(29(34)32-25-18-20(31)14-17-26(25)37-2)23-10-6-7-11-24(23)30(35)33(28)21-8-4-3-5-9-21/h6-7,10-18,21,27-28H,3-5,8-9H2,1-2H3,(H,32,34). The van der Waals surface area contributed by atoms with E-state index >= 15 is 0 Å². The highest BCUT2D eigenvalue weighted by atomic mass is 35.5. The Hall–Kier alpha value is -3.51. The Bertz CT molecular complexity index is 1290. The van der Waals surface area contributed by atoms with E-state index in [-0.39, 0.29) is 17.9 Å². The number of carbonyl (C=O) groups excluding carboxylic acids is 2. The van der Waals surface area contributed by atoms with Gasteiger partial charge in [-0.1, -0.05) is 61.2 Å². The van der Waals surface area contributed by atoms with Crippen LogP contribution in [-0.4, -0.2) is 37.0 Å². The van der Waals surface area contributed by atoms with Crippen LogP contribution in [0.4, 0.5) is 5.69 Å². The largest absolute Gasteiger partial charge is 0.497 e. The molecule has 1 aliphatic heterocycles. The van der Waals surface area contributed by atoms with Crippen LogP contribution in [0, 0.1) is 0 Å². The molecule has 6 nitrogen and oxygen atoms in total. The quantitative estimate of drug-likeness (QED) is 0.398. The number of amides is 2. The lowest BCUT2D eigenvalue weighted by Gasteiger charge is -2.46. The van der Waals surface area contributed by atoms with Gasteiger partial charge in [-0.2, -0.15) is 0 Å². The van der Waals surface area contributed by atoms with Gasteiger partial charge in [0.05, 0.1) is 31.9 Å². The molecule has 2 aliphatic rings. The van der Waals surface area contributed by atoms with Crippen LogP contribution in [0.3, 0.4) is 0 Å². The van der Waals surface area contributed by atoms with Gasteiger partial charge < -0.3 is 19.7 Å². The van der Waals surface area contributed by atoms with Crippen molar-refractivity contribution in [3.05, 3.63) is 88.4 Å². The van der Waals surface area contributed by atoms with Crippen molar-refractivity contribution < 1.29 is 19.1 Å². The predicted molar refractivity (Wildman–Crippen MR) is 145 cm³/mol. The van der Waals surface area contributed by atoms with E-state index in [0.29, 0.717) is 22.0 Å². The Morgan fingerprint density at radius 1 is 0.946 bits per heavy atom. The van der Waals surface area contributed by atoms with Gasteiger partial charge >= 0.3 is 0 Å². The van der Waals surface area contributed by atoms with Crippen LogP contribution in [0.15, 0.2) is 66.7 Å². The molecule has 2 amide bonds. The van der Waals surface area contributed by atoms with E-state index in [4.69, 9.17) is 21.1 Å². The molecule has 0 aromatic heterocycles. The Morgan fingerprint density at radius 3 is 2.38 bits per heavy atom. The summed E-state index contributed by atoms with van der Waals surface area (Å²) in [6, 6.07) is 19.9. The summed E-state index contributed by atoms with van der Waals surface area (Å²) in [6.45, 7) is 0. The molecule has 1 fully saturated rings. The number of hydrogen-bond acceptors (Lipinski definition) is 4. The highest BCUT2D eigenvalue weighted by Gasteiger charge is 2.46. The summed E-state index contributed by atoms with van der Waals surface area (Å²) in [5.41, 5.74) is 2.69. The lowest BCUT2D eigenvalue weighted by atomic mass is 9.77. The third kappa shape index (κ3) is 4.90. The minimum Gasteiger partial charge on any atom is -0.497 e. The number of methoxy groups -OCH3 is 2. The number of carbonyl (C=O) groups is 2. The zero-order valence-corrected chi connectivity index (χ0v) is 21.8. The molecule has 0 spiro atoms. The molecule has 2 unspecified atom stereocenters. The van der Waals surface area contributed by atoms with E-state index in [1.807, 2.05) is 53.4 Å². The second-order valence-electron chi connectivity index (χ2n) is 9.62. The molecule has 5 rings (SSSR count). The summed E-state index contributed by atoms with van der Waals surface area (Å²) < 4.78 is 10.9. The third-order valence-corrected chi connectivity index (χ3v) is 7.74. The molecule has 1 saturated carbocycles. The Labute approximate surface area is 222 Å². The van der Waals surface area contributed by atoms with E-state index < -0.39 is 12.0 Å². The molecule has 2 atom stereocenters. The van der Waals surface area contributed by atoms with Crippen molar-refractivity contribution in [3.63, 3.8) is 0 Å².